The van der Waals surface area contributed by atoms with Crippen LogP contribution in [0, 0.1) is 11.6 Å². The maximum Gasteiger partial charge on any atom is 0.128 e. The minimum atomic E-state index is -0.446. The van der Waals surface area contributed by atoms with E-state index in [0.29, 0.717) is 5.56 Å². The molecular formula is C14H12BrF2N. The highest BCUT2D eigenvalue weighted by atomic mass is 79.9. The molecule has 0 aliphatic rings. The zero-order valence-electron chi connectivity index (χ0n) is 9.75. The smallest absolute Gasteiger partial charge is 0.128 e. The first-order valence-electron chi connectivity index (χ1n) is 5.50. The predicted octanol–water partition coefficient (Wildman–Crippen LogP) is 4.04. The van der Waals surface area contributed by atoms with Crippen molar-refractivity contribution in [1.82, 2.24) is 5.32 Å². The Morgan fingerprint density at radius 3 is 2.44 bits per heavy atom. The van der Waals surface area contributed by atoms with Gasteiger partial charge in [0, 0.05) is 10.0 Å². The summed E-state index contributed by atoms with van der Waals surface area (Å²) < 4.78 is 27.9. The fraction of sp³-hybridized carbons (Fsp3) is 0.143. The first-order valence-corrected chi connectivity index (χ1v) is 6.29. The van der Waals surface area contributed by atoms with Crippen molar-refractivity contribution in [3.8, 4) is 0 Å². The Balaban J connectivity index is 2.52. The minimum absolute atomic E-state index is 0.296. The van der Waals surface area contributed by atoms with Gasteiger partial charge in [-0.2, -0.15) is 0 Å². The minimum Gasteiger partial charge on any atom is -0.309 e. The molecule has 2 aromatic rings. The molecule has 18 heavy (non-hydrogen) atoms. The molecule has 2 rings (SSSR count). The van der Waals surface area contributed by atoms with Gasteiger partial charge >= 0.3 is 0 Å². The molecule has 1 N–H and O–H groups in total. The van der Waals surface area contributed by atoms with Crippen LogP contribution in [0.3, 0.4) is 0 Å². The molecule has 0 bridgehead atoms. The second-order valence-electron chi connectivity index (χ2n) is 3.91. The number of benzene rings is 2. The number of hydrogen-bond acceptors (Lipinski definition) is 1. The SMILES string of the molecule is CNC(c1cc(F)ccc1F)c1ccccc1Br. The molecule has 0 aromatic heterocycles. The highest BCUT2D eigenvalue weighted by Crippen LogP contribution is 2.29. The summed E-state index contributed by atoms with van der Waals surface area (Å²) in [6, 6.07) is 10.6. The van der Waals surface area contributed by atoms with Crippen LogP contribution in [0.25, 0.3) is 0 Å². The van der Waals surface area contributed by atoms with E-state index in [0.717, 1.165) is 22.2 Å². The highest BCUT2D eigenvalue weighted by Gasteiger charge is 2.18. The molecule has 1 nitrogen and oxygen atoms in total. The molecular weight excluding hydrogens is 300 g/mol. The van der Waals surface area contributed by atoms with Gasteiger partial charge < -0.3 is 5.32 Å². The lowest BCUT2D eigenvalue weighted by atomic mass is 9.98. The van der Waals surface area contributed by atoms with Gasteiger partial charge in [-0.05, 0) is 36.9 Å². The first-order chi connectivity index (χ1) is 8.63. The Labute approximate surface area is 113 Å². The van der Waals surface area contributed by atoms with Crippen LogP contribution in [0.4, 0.5) is 8.78 Å². The topological polar surface area (TPSA) is 12.0 Å². The molecule has 1 unspecified atom stereocenters. The van der Waals surface area contributed by atoms with Gasteiger partial charge in [-0.1, -0.05) is 34.1 Å². The fourth-order valence-corrected chi connectivity index (χ4v) is 2.44. The molecule has 1 atom stereocenters. The Morgan fingerprint density at radius 2 is 1.78 bits per heavy atom. The van der Waals surface area contributed by atoms with E-state index >= 15 is 0 Å². The van der Waals surface area contributed by atoms with Crippen molar-refractivity contribution in [3.05, 3.63) is 69.7 Å². The maximum atomic E-state index is 13.8. The molecule has 0 aliphatic heterocycles. The standard InChI is InChI=1S/C14H12BrF2N/c1-18-14(10-4-2-3-5-12(10)15)11-8-9(16)6-7-13(11)17/h2-8,14,18H,1H3. The number of nitrogens with one attached hydrogen (secondary N) is 1. The van der Waals surface area contributed by atoms with Crippen LogP contribution in [0.5, 0.6) is 0 Å². The third-order valence-corrected chi connectivity index (χ3v) is 3.50. The predicted molar refractivity (Wildman–Crippen MR) is 71.4 cm³/mol. The van der Waals surface area contributed by atoms with E-state index in [1.165, 1.54) is 6.07 Å². The van der Waals surface area contributed by atoms with E-state index in [1.807, 2.05) is 24.3 Å². The van der Waals surface area contributed by atoms with Gasteiger partial charge in [-0.15, -0.1) is 0 Å². The van der Waals surface area contributed by atoms with Gasteiger partial charge in [0.05, 0.1) is 6.04 Å². The quantitative estimate of drug-likeness (QED) is 0.902. The number of rotatable bonds is 3. The maximum absolute atomic E-state index is 13.8. The van der Waals surface area contributed by atoms with Crippen LogP contribution < -0.4 is 5.32 Å². The van der Waals surface area contributed by atoms with Crippen molar-refractivity contribution in [2.24, 2.45) is 0 Å². The second kappa shape index (κ2) is 5.59. The van der Waals surface area contributed by atoms with Crippen LogP contribution >= 0.6 is 15.9 Å². The van der Waals surface area contributed by atoms with Crippen LogP contribution in [0.1, 0.15) is 17.2 Å². The van der Waals surface area contributed by atoms with E-state index in [4.69, 9.17) is 0 Å². The Hall–Kier alpha value is -1.26. The first kappa shape index (κ1) is 13.2. The lowest BCUT2D eigenvalue weighted by Crippen LogP contribution is -2.19. The average molecular weight is 312 g/mol. The van der Waals surface area contributed by atoms with Crippen LogP contribution in [-0.2, 0) is 0 Å². The van der Waals surface area contributed by atoms with E-state index in [1.54, 1.807) is 7.05 Å². The largest absolute Gasteiger partial charge is 0.309 e. The van der Waals surface area contributed by atoms with Crippen LogP contribution in [-0.4, -0.2) is 7.05 Å². The van der Waals surface area contributed by atoms with Gasteiger partial charge in [-0.25, -0.2) is 8.78 Å². The zero-order chi connectivity index (χ0) is 13.1. The molecule has 0 saturated carbocycles. The normalized spacial score (nSPS) is 12.4. The van der Waals surface area contributed by atoms with Gasteiger partial charge in [0.15, 0.2) is 0 Å². The van der Waals surface area contributed by atoms with Crippen molar-refractivity contribution < 1.29 is 8.78 Å². The summed E-state index contributed by atoms with van der Waals surface area (Å²) in [5.74, 6) is -0.870. The third kappa shape index (κ3) is 2.60. The summed E-state index contributed by atoms with van der Waals surface area (Å²) in [5.41, 5.74) is 1.16. The van der Waals surface area contributed by atoms with Gasteiger partial charge in [0.25, 0.3) is 0 Å². The third-order valence-electron chi connectivity index (χ3n) is 2.77. The lowest BCUT2D eigenvalue weighted by Gasteiger charge is -2.19. The monoisotopic (exact) mass is 311 g/mol. The van der Waals surface area contributed by atoms with Gasteiger partial charge in [-0.3, -0.25) is 0 Å². The molecule has 0 heterocycles. The van der Waals surface area contributed by atoms with E-state index in [9.17, 15) is 8.78 Å². The summed E-state index contributed by atoms with van der Waals surface area (Å²) in [6.45, 7) is 0. The summed E-state index contributed by atoms with van der Waals surface area (Å²) in [6.07, 6.45) is 0. The van der Waals surface area contributed by atoms with Crippen molar-refractivity contribution in [3.63, 3.8) is 0 Å². The van der Waals surface area contributed by atoms with Crippen molar-refractivity contribution in [2.75, 3.05) is 7.05 Å². The summed E-state index contributed by atoms with van der Waals surface area (Å²) >= 11 is 3.42. The molecule has 0 spiro atoms. The van der Waals surface area contributed by atoms with Crippen molar-refractivity contribution in [1.29, 1.82) is 0 Å². The zero-order valence-corrected chi connectivity index (χ0v) is 11.3. The summed E-state index contributed by atoms with van der Waals surface area (Å²) in [5, 5.41) is 3.01. The second-order valence-corrected chi connectivity index (χ2v) is 4.76. The molecule has 0 saturated heterocycles. The average Bonchev–Trinajstić information content (AvgIpc) is 2.36. The number of halogens is 3. The molecule has 0 fully saturated rings. The Bertz CT molecular complexity index is 557. The molecule has 0 radical (unpaired) electrons. The molecule has 0 amide bonds. The fourth-order valence-electron chi connectivity index (χ4n) is 1.92. The van der Waals surface area contributed by atoms with Gasteiger partial charge in [0.1, 0.15) is 11.6 Å². The molecule has 4 heteroatoms. The van der Waals surface area contributed by atoms with E-state index in [-0.39, 0.29) is 0 Å². The molecule has 2 aromatic carbocycles. The van der Waals surface area contributed by atoms with E-state index < -0.39 is 17.7 Å². The van der Waals surface area contributed by atoms with Crippen molar-refractivity contribution >= 4 is 15.9 Å². The van der Waals surface area contributed by atoms with Crippen LogP contribution in [0.2, 0.25) is 0 Å². The molecule has 94 valence electrons. The lowest BCUT2D eigenvalue weighted by molar-refractivity contribution is 0.557. The molecule has 0 aliphatic carbocycles. The highest BCUT2D eigenvalue weighted by molar-refractivity contribution is 9.10. The van der Waals surface area contributed by atoms with Crippen LogP contribution in [0.15, 0.2) is 46.9 Å². The van der Waals surface area contributed by atoms with Gasteiger partial charge in [0.2, 0.25) is 0 Å². The Kier molecular flexibility index (Phi) is 4.09. The Morgan fingerprint density at radius 1 is 1.06 bits per heavy atom. The summed E-state index contributed by atoms with van der Waals surface area (Å²) in [4.78, 5) is 0. The number of hydrogen-bond donors (Lipinski definition) is 1. The van der Waals surface area contributed by atoms with Crippen molar-refractivity contribution in [2.45, 2.75) is 6.04 Å². The summed E-state index contributed by atoms with van der Waals surface area (Å²) in [7, 11) is 1.72. The van der Waals surface area contributed by atoms with E-state index in [2.05, 4.69) is 21.2 Å².